The van der Waals surface area contributed by atoms with Crippen molar-refractivity contribution in [3.63, 3.8) is 0 Å². The minimum atomic E-state index is 0.00357. The molecule has 1 aliphatic rings. The molecule has 0 atom stereocenters. The maximum Gasteiger partial charge on any atom is 0.257 e. The Morgan fingerprint density at radius 2 is 1.95 bits per heavy atom. The highest BCUT2D eigenvalue weighted by molar-refractivity contribution is 5.94. The summed E-state index contributed by atoms with van der Waals surface area (Å²) in [5.41, 5.74) is 0.611. The molecule has 1 aromatic heterocycles. The van der Waals surface area contributed by atoms with Crippen molar-refractivity contribution in [2.45, 2.75) is 12.8 Å². The van der Waals surface area contributed by atoms with Crippen LogP contribution in [0.5, 0.6) is 0 Å². The highest BCUT2D eigenvalue weighted by atomic mass is 16.2. The molecule has 0 unspecified atom stereocenters. The summed E-state index contributed by atoms with van der Waals surface area (Å²) >= 11 is 0. The highest BCUT2D eigenvalue weighted by Gasteiger charge is 2.28. The molecule has 1 aromatic rings. The maximum absolute atomic E-state index is 12.2. The van der Waals surface area contributed by atoms with E-state index in [1.165, 1.54) is 0 Å². The van der Waals surface area contributed by atoms with Gasteiger partial charge in [-0.15, -0.1) is 0 Å². The maximum atomic E-state index is 12.2. The summed E-state index contributed by atoms with van der Waals surface area (Å²) in [6.07, 6.45) is 4.78. The lowest BCUT2D eigenvalue weighted by Gasteiger charge is -2.32. The first-order chi connectivity index (χ1) is 8.99. The second kappa shape index (κ2) is 5.42. The van der Waals surface area contributed by atoms with Crippen LogP contribution in [0.1, 0.15) is 23.2 Å². The largest absolute Gasteiger partial charge is 0.349 e. The molecular weight excluding hydrogens is 244 g/mol. The van der Waals surface area contributed by atoms with E-state index in [4.69, 9.17) is 0 Å². The number of amides is 2. The minimum absolute atomic E-state index is 0.00357. The molecule has 0 radical (unpaired) electrons. The molecular formula is C13H20N4O2. The fraction of sp³-hybridized carbons (Fsp3) is 0.615. The molecule has 19 heavy (non-hydrogen) atoms. The topological polar surface area (TPSA) is 58.4 Å². The number of hydrogen-bond acceptors (Lipinski definition) is 3. The predicted octanol–water partition coefficient (Wildman–Crippen LogP) is 0.360. The van der Waals surface area contributed by atoms with E-state index in [1.54, 1.807) is 48.0 Å². The fourth-order valence-electron chi connectivity index (χ4n) is 2.41. The molecule has 6 nitrogen and oxygen atoms in total. The molecule has 1 fully saturated rings. The van der Waals surface area contributed by atoms with Crippen molar-refractivity contribution >= 4 is 11.8 Å². The van der Waals surface area contributed by atoms with E-state index in [9.17, 15) is 9.59 Å². The van der Waals surface area contributed by atoms with Crippen LogP contribution in [0.15, 0.2) is 12.4 Å². The smallest absolute Gasteiger partial charge is 0.257 e. The van der Waals surface area contributed by atoms with Crippen molar-refractivity contribution in [2.75, 3.05) is 27.2 Å². The van der Waals surface area contributed by atoms with Crippen molar-refractivity contribution in [3.05, 3.63) is 18.0 Å². The van der Waals surface area contributed by atoms with E-state index in [1.807, 2.05) is 0 Å². The standard InChI is InChI=1S/C13H20N4O2/c1-15(2)12(18)10-4-6-17(7-5-10)13(19)11-8-14-16(3)9-11/h8-10H,4-7H2,1-3H3. The van der Waals surface area contributed by atoms with Crippen LogP contribution in [0.3, 0.4) is 0 Å². The van der Waals surface area contributed by atoms with Gasteiger partial charge in [-0.05, 0) is 12.8 Å². The Balaban J connectivity index is 1.93. The van der Waals surface area contributed by atoms with Gasteiger partial charge in [0.2, 0.25) is 5.91 Å². The van der Waals surface area contributed by atoms with Gasteiger partial charge in [0.15, 0.2) is 0 Å². The Hall–Kier alpha value is -1.85. The molecule has 2 heterocycles. The van der Waals surface area contributed by atoms with Crippen LogP contribution >= 0.6 is 0 Å². The van der Waals surface area contributed by atoms with Crippen LogP contribution in [0.2, 0.25) is 0 Å². The lowest BCUT2D eigenvalue weighted by Crippen LogP contribution is -2.42. The van der Waals surface area contributed by atoms with Crippen molar-refractivity contribution in [3.8, 4) is 0 Å². The Labute approximate surface area is 113 Å². The second-order valence-corrected chi connectivity index (χ2v) is 5.20. The summed E-state index contributed by atoms with van der Waals surface area (Å²) in [5.74, 6) is 0.213. The molecule has 0 N–H and O–H groups in total. The molecule has 0 saturated carbocycles. The Bertz CT molecular complexity index is 473. The lowest BCUT2D eigenvalue weighted by molar-refractivity contribution is -0.134. The van der Waals surface area contributed by atoms with Gasteiger partial charge in [0, 0.05) is 46.3 Å². The van der Waals surface area contributed by atoms with Gasteiger partial charge in [0.25, 0.3) is 5.91 Å². The van der Waals surface area contributed by atoms with Crippen LogP contribution in [-0.2, 0) is 11.8 Å². The Kier molecular flexibility index (Phi) is 3.87. The molecule has 1 aliphatic heterocycles. The fourth-order valence-corrected chi connectivity index (χ4v) is 2.41. The van der Waals surface area contributed by atoms with Crippen molar-refractivity contribution in [1.29, 1.82) is 0 Å². The summed E-state index contributed by atoms with van der Waals surface area (Å²) in [4.78, 5) is 27.5. The van der Waals surface area contributed by atoms with Crippen LogP contribution < -0.4 is 0 Å². The van der Waals surface area contributed by atoms with Crippen molar-refractivity contribution in [1.82, 2.24) is 19.6 Å². The minimum Gasteiger partial charge on any atom is -0.349 e. The molecule has 0 aromatic carbocycles. The quantitative estimate of drug-likeness (QED) is 0.775. The van der Waals surface area contributed by atoms with Crippen LogP contribution in [0.25, 0.3) is 0 Å². The van der Waals surface area contributed by atoms with Crippen LogP contribution in [0, 0.1) is 5.92 Å². The zero-order valence-corrected chi connectivity index (χ0v) is 11.7. The zero-order valence-electron chi connectivity index (χ0n) is 11.7. The third-order valence-corrected chi connectivity index (χ3v) is 3.52. The molecule has 6 heteroatoms. The van der Waals surface area contributed by atoms with E-state index >= 15 is 0 Å². The van der Waals surface area contributed by atoms with Gasteiger partial charge in [0.05, 0.1) is 11.8 Å². The first-order valence-corrected chi connectivity index (χ1v) is 6.48. The highest BCUT2D eigenvalue weighted by Crippen LogP contribution is 2.20. The average Bonchev–Trinajstić information content (AvgIpc) is 2.84. The van der Waals surface area contributed by atoms with Gasteiger partial charge < -0.3 is 9.80 Å². The molecule has 2 rings (SSSR count). The number of aryl methyl sites for hydroxylation is 1. The average molecular weight is 264 g/mol. The third kappa shape index (κ3) is 2.94. The molecule has 2 amide bonds. The van der Waals surface area contributed by atoms with Crippen molar-refractivity contribution in [2.24, 2.45) is 13.0 Å². The lowest BCUT2D eigenvalue weighted by atomic mass is 9.95. The normalized spacial score (nSPS) is 16.5. The van der Waals surface area contributed by atoms with E-state index in [0.717, 1.165) is 12.8 Å². The summed E-state index contributed by atoms with van der Waals surface area (Å²) in [6.45, 7) is 1.27. The third-order valence-electron chi connectivity index (χ3n) is 3.52. The molecule has 1 saturated heterocycles. The number of hydrogen-bond donors (Lipinski definition) is 0. The van der Waals surface area contributed by atoms with Crippen LogP contribution in [0.4, 0.5) is 0 Å². The molecule has 0 aliphatic carbocycles. The number of rotatable bonds is 2. The second-order valence-electron chi connectivity index (χ2n) is 5.20. The predicted molar refractivity (Wildman–Crippen MR) is 70.5 cm³/mol. The van der Waals surface area contributed by atoms with E-state index in [0.29, 0.717) is 18.7 Å². The Morgan fingerprint density at radius 3 is 2.42 bits per heavy atom. The number of likely N-dealkylation sites (tertiary alicyclic amines) is 1. The van der Waals surface area contributed by atoms with Crippen molar-refractivity contribution < 1.29 is 9.59 Å². The number of piperidine rings is 1. The van der Waals surface area contributed by atoms with Gasteiger partial charge in [-0.1, -0.05) is 0 Å². The summed E-state index contributed by atoms with van der Waals surface area (Å²) in [6, 6.07) is 0. The molecule has 104 valence electrons. The van der Waals surface area contributed by atoms with E-state index in [2.05, 4.69) is 5.10 Å². The summed E-state index contributed by atoms with van der Waals surface area (Å²) < 4.78 is 1.62. The van der Waals surface area contributed by atoms with Gasteiger partial charge >= 0.3 is 0 Å². The number of carbonyl (C=O) groups excluding carboxylic acids is 2. The first-order valence-electron chi connectivity index (χ1n) is 6.48. The summed E-state index contributed by atoms with van der Waals surface area (Å²) in [5, 5.41) is 4.01. The van der Waals surface area contributed by atoms with Gasteiger partial charge in [-0.2, -0.15) is 5.10 Å². The number of aromatic nitrogens is 2. The number of nitrogens with zero attached hydrogens (tertiary/aromatic N) is 4. The number of carbonyl (C=O) groups is 2. The van der Waals surface area contributed by atoms with Crippen LogP contribution in [-0.4, -0.2) is 58.6 Å². The SMILES string of the molecule is CN(C)C(=O)C1CCN(C(=O)c2cnn(C)c2)CC1. The van der Waals surface area contributed by atoms with Gasteiger partial charge in [0.1, 0.15) is 0 Å². The first kappa shape index (κ1) is 13.6. The van der Waals surface area contributed by atoms with Gasteiger partial charge in [-0.25, -0.2) is 0 Å². The molecule has 0 bridgehead atoms. The Morgan fingerprint density at radius 1 is 1.32 bits per heavy atom. The summed E-state index contributed by atoms with van der Waals surface area (Å²) in [7, 11) is 5.34. The van der Waals surface area contributed by atoms with Gasteiger partial charge in [-0.3, -0.25) is 14.3 Å². The zero-order chi connectivity index (χ0) is 14.0. The molecule has 0 spiro atoms. The monoisotopic (exact) mass is 264 g/mol. The van der Waals surface area contributed by atoms with E-state index < -0.39 is 0 Å². The van der Waals surface area contributed by atoms with E-state index in [-0.39, 0.29) is 17.7 Å².